The first-order chi connectivity index (χ1) is 32.5. The number of esters is 1. The number of carboxylic acid groups (broad SMARTS) is 1. The number of rotatable bonds is 5. The van der Waals surface area contributed by atoms with Gasteiger partial charge in [-0.25, -0.2) is 0 Å². The lowest BCUT2D eigenvalue weighted by Gasteiger charge is -2.45. The minimum atomic E-state index is -2.36. The Hall–Kier alpha value is -3.20. The van der Waals surface area contributed by atoms with E-state index >= 15 is 0 Å². The molecule has 20 heteroatoms. The number of carboxylic acids is 1. The minimum absolute atomic E-state index is 0.0282. The quantitative estimate of drug-likeness (QED) is 0.105. The summed E-state index contributed by atoms with van der Waals surface area (Å²) in [6, 6.07) is -1.21. The molecule has 390 valence electrons. The van der Waals surface area contributed by atoms with Crippen LogP contribution < -0.4 is 5.32 Å². The number of alkyl halides is 1. The molecular formula is C49H74INO18. The molecule has 2 fully saturated rings. The van der Waals surface area contributed by atoms with Crippen LogP contribution in [0.25, 0.3) is 0 Å². The molecule has 0 aromatic heterocycles. The van der Waals surface area contributed by atoms with Gasteiger partial charge in [-0.2, -0.15) is 0 Å². The lowest BCUT2D eigenvalue weighted by atomic mass is 9.82. The Morgan fingerprint density at radius 3 is 1.86 bits per heavy atom. The Bertz CT molecular complexity index is 1810. The Kier molecular flexibility index (Phi) is 26.1. The molecule has 69 heavy (non-hydrogen) atoms. The van der Waals surface area contributed by atoms with Crippen LogP contribution in [0.4, 0.5) is 0 Å². The van der Waals surface area contributed by atoms with Crippen LogP contribution in [0.3, 0.4) is 0 Å². The molecule has 0 saturated carbocycles. The number of cyclic esters (lactones) is 1. The fourth-order valence-corrected chi connectivity index (χ4v) is 8.55. The van der Waals surface area contributed by atoms with Crippen molar-refractivity contribution in [2.24, 2.45) is 17.8 Å². The van der Waals surface area contributed by atoms with Crippen molar-refractivity contribution in [3.8, 4) is 0 Å². The van der Waals surface area contributed by atoms with Gasteiger partial charge in [0, 0.05) is 37.5 Å². The number of hydrogen-bond donors (Lipinski definition) is 12. The fraction of sp³-hybridized carbons (Fsp3) is 0.653. The molecule has 2 bridgehead atoms. The molecule has 19 unspecified atom stereocenters. The summed E-state index contributed by atoms with van der Waals surface area (Å²) in [5.74, 6) is -7.42. The topological polar surface area (TPSA) is 323 Å². The van der Waals surface area contributed by atoms with Gasteiger partial charge in [-0.1, -0.05) is 122 Å². The minimum Gasteiger partial charge on any atom is -0.481 e. The maximum Gasteiger partial charge on any atom is 0.311 e. The summed E-state index contributed by atoms with van der Waals surface area (Å²) < 4.78 is 23.4. The number of halogens is 1. The third-order valence-electron chi connectivity index (χ3n) is 12.4. The van der Waals surface area contributed by atoms with Gasteiger partial charge < -0.3 is 80.4 Å². The lowest BCUT2D eigenvalue weighted by Crippen LogP contribution is -2.64. The van der Waals surface area contributed by atoms with Gasteiger partial charge in [0.25, 0.3) is 0 Å². The van der Waals surface area contributed by atoms with Crippen LogP contribution in [-0.4, -0.2) is 176 Å². The summed E-state index contributed by atoms with van der Waals surface area (Å²) in [5, 5.41) is 122. The van der Waals surface area contributed by atoms with E-state index in [2.05, 4.69) is 5.32 Å². The smallest absolute Gasteiger partial charge is 0.311 e. The van der Waals surface area contributed by atoms with Gasteiger partial charge in [0.05, 0.1) is 77.9 Å². The van der Waals surface area contributed by atoms with Gasteiger partial charge in [-0.05, 0) is 33.1 Å². The zero-order valence-electron chi connectivity index (χ0n) is 39.5. The van der Waals surface area contributed by atoms with Crippen LogP contribution in [0.1, 0.15) is 79.1 Å². The van der Waals surface area contributed by atoms with Crippen molar-refractivity contribution in [2.45, 2.75) is 177 Å². The fourth-order valence-electron chi connectivity index (χ4n) is 8.33. The van der Waals surface area contributed by atoms with E-state index in [4.69, 9.17) is 18.9 Å². The first-order valence-electron chi connectivity index (χ1n) is 23.3. The third-order valence-corrected chi connectivity index (χ3v) is 13.1. The van der Waals surface area contributed by atoms with E-state index in [-0.39, 0.29) is 36.0 Å². The highest BCUT2D eigenvalue weighted by molar-refractivity contribution is 14.1. The van der Waals surface area contributed by atoms with Crippen LogP contribution in [0.2, 0.25) is 0 Å². The molecule has 3 aliphatic rings. The lowest BCUT2D eigenvalue weighted by molar-refractivity contribution is -0.309. The number of carbonyl (C=O) groups excluding carboxylic acids is 2. The van der Waals surface area contributed by atoms with Gasteiger partial charge in [-0.3, -0.25) is 14.4 Å². The van der Waals surface area contributed by atoms with Crippen molar-refractivity contribution in [1.82, 2.24) is 5.32 Å². The Morgan fingerprint density at radius 2 is 1.28 bits per heavy atom. The predicted octanol–water partition coefficient (Wildman–Crippen LogP) is 1.30. The van der Waals surface area contributed by atoms with E-state index in [1.165, 1.54) is 13.0 Å². The Morgan fingerprint density at radius 1 is 0.696 bits per heavy atom. The van der Waals surface area contributed by atoms with Gasteiger partial charge in [-0.15, -0.1) is 0 Å². The van der Waals surface area contributed by atoms with Crippen LogP contribution in [0.5, 0.6) is 0 Å². The van der Waals surface area contributed by atoms with Gasteiger partial charge in [0.2, 0.25) is 5.91 Å². The predicted molar refractivity (Wildman–Crippen MR) is 260 cm³/mol. The summed E-state index contributed by atoms with van der Waals surface area (Å²) in [5.41, 5.74) is 0. The van der Waals surface area contributed by atoms with Gasteiger partial charge in [0.15, 0.2) is 12.1 Å². The molecule has 3 aliphatic heterocycles. The first kappa shape index (κ1) is 60.1. The standard InChI is InChI=1S/C49H74INO18/c1-28-17-15-13-11-9-7-5-6-8-10-12-14-16-18-35(68-48-46(62)43(51-40(58)27-50)45(61)31(4)67-48)24-39-42(47(63)64)38(57)26-49(65,69-39)25-34(54)22-37(56)36(55)20-19-32(52)21-33(53)23-41(59)66-30(3)29(2)44(28)60/h5-18,28-39,42-46,48,52-57,60-62,65H,19-27H2,1-4H3,(H,51,58)(H,63,64). The molecule has 0 aliphatic carbocycles. The van der Waals surface area contributed by atoms with Crippen LogP contribution >= 0.6 is 22.6 Å². The molecule has 0 spiro atoms. The van der Waals surface area contributed by atoms with Crippen molar-refractivity contribution in [3.05, 3.63) is 85.1 Å². The molecule has 2 saturated heterocycles. The molecule has 0 aromatic rings. The monoisotopic (exact) mass is 1090 g/mol. The summed E-state index contributed by atoms with van der Waals surface area (Å²) in [6.45, 7) is 6.71. The Labute approximate surface area is 417 Å². The van der Waals surface area contributed by atoms with Crippen molar-refractivity contribution in [1.29, 1.82) is 0 Å². The molecule has 19 atom stereocenters. The number of hydrogen-bond acceptors (Lipinski definition) is 17. The number of nitrogens with one attached hydrogen (secondary N) is 1. The zero-order valence-corrected chi connectivity index (χ0v) is 41.7. The van der Waals surface area contributed by atoms with Crippen LogP contribution in [-0.2, 0) is 33.3 Å². The average molecular weight is 1090 g/mol. The zero-order chi connectivity index (χ0) is 51.4. The maximum atomic E-state index is 12.6. The van der Waals surface area contributed by atoms with E-state index < -0.39 is 153 Å². The number of carbonyl (C=O) groups is 3. The highest BCUT2D eigenvalue weighted by Gasteiger charge is 2.51. The number of ether oxygens (including phenoxy) is 4. The van der Waals surface area contributed by atoms with Crippen molar-refractivity contribution < 1.29 is 89.5 Å². The summed E-state index contributed by atoms with van der Waals surface area (Å²) in [6.07, 6.45) is 2.49. The van der Waals surface area contributed by atoms with Gasteiger partial charge >= 0.3 is 11.9 Å². The van der Waals surface area contributed by atoms with E-state index in [0.29, 0.717) is 0 Å². The number of allylic oxidation sites excluding steroid dienone is 12. The second-order valence-corrected chi connectivity index (χ2v) is 19.0. The van der Waals surface area contributed by atoms with E-state index in [9.17, 15) is 70.6 Å². The largest absolute Gasteiger partial charge is 0.481 e. The second kappa shape index (κ2) is 30.0. The molecule has 0 aromatic carbocycles. The highest BCUT2D eigenvalue weighted by atomic mass is 127. The van der Waals surface area contributed by atoms with Crippen molar-refractivity contribution in [2.75, 3.05) is 4.43 Å². The Balaban J connectivity index is 1.90. The maximum absolute atomic E-state index is 12.6. The van der Waals surface area contributed by atoms with E-state index in [1.54, 1.807) is 86.8 Å². The van der Waals surface area contributed by atoms with Crippen molar-refractivity contribution >= 4 is 40.4 Å². The number of fused-ring (bicyclic) bond motifs is 2. The molecule has 1 amide bonds. The third kappa shape index (κ3) is 20.4. The summed E-state index contributed by atoms with van der Waals surface area (Å²) in [7, 11) is 0. The summed E-state index contributed by atoms with van der Waals surface area (Å²) in [4.78, 5) is 37.5. The van der Waals surface area contributed by atoms with Crippen LogP contribution in [0, 0.1) is 17.8 Å². The SMILES string of the molecule is CC1C=CC=CC=CC=CC=CC=CC=CC(OC2OC(C)C(O)C(NC(=O)CI)C2O)CC2OC(O)(CC(O)CC(O)C(O)CCC(O)CC(O)CC(=O)OC(C)C(C)C1O)CC(O)C2C(=O)O. The molecule has 3 heterocycles. The number of aliphatic hydroxyl groups excluding tert-OH is 9. The first-order valence-corrected chi connectivity index (χ1v) is 24.9. The van der Waals surface area contributed by atoms with Gasteiger partial charge in [0.1, 0.15) is 24.2 Å². The average Bonchev–Trinajstić information content (AvgIpc) is 3.26. The normalized spacial score (nSPS) is 40.2. The molecule has 19 nitrogen and oxygen atoms in total. The second-order valence-electron chi connectivity index (χ2n) is 18.2. The van der Waals surface area contributed by atoms with Crippen LogP contribution in [0.15, 0.2) is 85.1 Å². The van der Waals surface area contributed by atoms with E-state index in [1.807, 2.05) is 35.6 Å². The molecule has 12 N–H and O–H groups in total. The highest BCUT2D eigenvalue weighted by Crippen LogP contribution is 2.38. The van der Waals surface area contributed by atoms with E-state index in [0.717, 1.165) is 0 Å². The number of amides is 1. The molecular weight excluding hydrogens is 1020 g/mol. The number of aliphatic hydroxyl groups is 10. The molecule has 0 radical (unpaired) electrons. The molecule has 3 rings (SSSR count). The summed E-state index contributed by atoms with van der Waals surface area (Å²) >= 11 is 1.82. The number of aliphatic carboxylic acids is 1. The van der Waals surface area contributed by atoms with Crippen molar-refractivity contribution in [3.63, 3.8) is 0 Å².